The fraction of sp³-hybridized carbons (Fsp3) is 0.300. The predicted octanol–water partition coefficient (Wildman–Crippen LogP) is 3.69. The maximum Gasteiger partial charge on any atom is 0.241 e. The number of aryl methyl sites for hydroxylation is 2. The topological polar surface area (TPSA) is 55.4 Å². The minimum atomic E-state index is -3.54. The van der Waals surface area contributed by atoms with Crippen molar-refractivity contribution in [3.05, 3.63) is 58.1 Å². The summed E-state index contributed by atoms with van der Waals surface area (Å²) in [5.41, 5.74) is 2.41. The van der Waals surface area contributed by atoms with Crippen molar-refractivity contribution in [2.45, 2.75) is 30.6 Å². The van der Waals surface area contributed by atoms with E-state index in [0.717, 1.165) is 29.3 Å². The van der Waals surface area contributed by atoms with Gasteiger partial charge in [-0.1, -0.05) is 39.9 Å². The van der Waals surface area contributed by atoms with Crippen LogP contribution in [0.25, 0.3) is 0 Å². The summed E-state index contributed by atoms with van der Waals surface area (Å²) in [5, 5.41) is 0. The van der Waals surface area contributed by atoms with Crippen LogP contribution in [0.2, 0.25) is 0 Å². The van der Waals surface area contributed by atoms with Crippen LogP contribution in [0.1, 0.15) is 24.0 Å². The van der Waals surface area contributed by atoms with E-state index in [4.69, 9.17) is 4.74 Å². The molecule has 0 saturated heterocycles. The first kappa shape index (κ1) is 19.0. The molecule has 2 aromatic rings. The van der Waals surface area contributed by atoms with Crippen LogP contribution >= 0.6 is 15.9 Å². The van der Waals surface area contributed by atoms with Gasteiger partial charge in [0, 0.05) is 4.47 Å². The van der Waals surface area contributed by atoms with Crippen LogP contribution in [-0.4, -0.2) is 21.6 Å². The highest BCUT2D eigenvalue weighted by Crippen LogP contribution is 2.24. The Bertz CT molecular complexity index is 945. The number of sulfonamides is 1. The van der Waals surface area contributed by atoms with Gasteiger partial charge in [0.15, 0.2) is 0 Å². The summed E-state index contributed by atoms with van der Waals surface area (Å²) >= 11 is 3.37. The maximum atomic E-state index is 12.4. The summed E-state index contributed by atoms with van der Waals surface area (Å²) in [6.07, 6.45) is 4.28. The highest BCUT2D eigenvalue weighted by atomic mass is 79.9. The standard InChI is InChI=1S/C20H20BrNO3S/c21-18-8-5-9-19(15-18)25-13-4-3-12-22-26(23,24)20-11-10-16-6-1-2-7-17(16)14-20/h5,8-11,14-15,22H,1-2,6-7,12-13H2. The summed E-state index contributed by atoms with van der Waals surface area (Å²) in [4.78, 5) is 0.310. The van der Waals surface area contributed by atoms with Gasteiger partial charge in [0.2, 0.25) is 10.0 Å². The first-order valence-corrected chi connectivity index (χ1v) is 10.8. The molecule has 1 aliphatic rings. The highest BCUT2D eigenvalue weighted by molar-refractivity contribution is 9.10. The molecule has 136 valence electrons. The maximum absolute atomic E-state index is 12.4. The Morgan fingerprint density at radius 1 is 1.04 bits per heavy atom. The van der Waals surface area contributed by atoms with E-state index in [2.05, 4.69) is 32.5 Å². The molecule has 0 radical (unpaired) electrons. The zero-order valence-corrected chi connectivity index (χ0v) is 16.7. The van der Waals surface area contributed by atoms with Gasteiger partial charge in [0.05, 0.1) is 11.4 Å². The molecular formula is C20H20BrNO3S. The summed E-state index contributed by atoms with van der Waals surface area (Å²) in [7, 11) is -3.54. The summed E-state index contributed by atoms with van der Waals surface area (Å²) < 4.78 is 33.7. The van der Waals surface area contributed by atoms with Crippen LogP contribution in [-0.2, 0) is 22.9 Å². The van der Waals surface area contributed by atoms with E-state index < -0.39 is 10.0 Å². The number of nitrogens with one attached hydrogen (secondary N) is 1. The molecule has 0 atom stereocenters. The van der Waals surface area contributed by atoms with Crippen molar-refractivity contribution in [3.8, 4) is 17.6 Å². The van der Waals surface area contributed by atoms with Gasteiger partial charge in [-0.05, 0) is 67.1 Å². The molecule has 0 spiro atoms. The molecule has 0 unspecified atom stereocenters. The van der Waals surface area contributed by atoms with Gasteiger partial charge in [0.25, 0.3) is 0 Å². The quantitative estimate of drug-likeness (QED) is 0.731. The fourth-order valence-electron chi connectivity index (χ4n) is 2.88. The van der Waals surface area contributed by atoms with Gasteiger partial charge in [-0.25, -0.2) is 8.42 Å². The van der Waals surface area contributed by atoms with Crippen LogP contribution in [0, 0.1) is 11.8 Å². The van der Waals surface area contributed by atoms with E-state index in [1.54, 1.807) is 12.1 Å². The lowest BCUT2D eigenvalue weighted by molar-refractivity contribution is 0.370. The third kappa shape index (κ3) is 5.10. The average Bonchev–Trinajstić information content (AvgIpc) is 2.64. The molecule has 3 rings (SSSR count). The van der Waals surface area contributed by atoms with Gasteiger partial charge in [-0.15, -0.1) is 0 Å². The van der Waals surface area contributed by atoms with Gasteiger partial charge in [-0.2, -0.15) is 4.72 Å². The molecular weight excluding hydrogens is 414 g/mol. The molecule has 0 aromatic heterocycles. The smallest absolute Gasteiger partial charge is 0.241 e. The van der Waals surface area contributed by atoms with Gasteiger partial charge >= 0.3 is 0 Å². The molecule has 2 aromatic carbocycles. The van der Waals surface area contributed by atoms with E-state index in [9.17, 15) is 8.42 Å². The van der Waals surface area contributed by atoms with E-state index in [1.807, 2.05) is 30.3 Å². The Morgan fingerprint density at radius 3 is 2.65 bits per heavy atom. The molecule has 0 fully saturated rings. The van der Waals surface area contributed by atoms with Crippen LogP contribution in [0.15, 0.2) is 51.8 Å². The molecule has 1 N–H and O–H groups in total. The summed E-state index contributed by atoms with van der Waals surface area (Å²) in [6, 6.07) is 12.9. The lowest BCUT2D eigenvalue weighted by Crippen LogP contribution is -2.24. The molecule has 0 aliphatic heterocycles. The van der Waals surface area contributed by atoms with Crippen molar-refractivity contribution in [2.24, 2.45) is 0 Å². The van der Waals surface area contributed by atoms with Crippen molar-refractivity contribution >= 4 is 26.0 Å². The molecule has 1 aliphatic carbocycles. The normalized spacial score (nSPS) is 13.4. The molecule has 0 saturated carbocycles. The van der Waals surface area contributed by atoms with Crippen molar-refractivity contribution in [3.63, 3.8) is 0 Å². The largest absolute Gasteiger partial charge is 0.481 e. The van der Waals surface area contributed by atoms with Crippen molar-refractivity contribution in [1.82, 2.24) is 4.72 Å². The number of ether oxygens (including phenoxy) is 1. The van der Waals surface area contributed by atoms with Gasteiger partial charge in [0.1, 0.15) is 12.4 Å². The molecule has 6 heteroatoms. The molecule has 0 heterocycles. The second-order valence-corrected chi connectivity index (χ2v) is 8.74. The van der Waals surface area contributed by atoms with Gasteiger partial charge < -0.3 is 4.74 Å². The number of hydrogen-bond donors (Lipinski definition) is 1. The third-order valence-corrected chi connectivity index (χ3v) is 6.11. The van der Waals surface area contributed by atoms with Crippen LogP contribution in [0.3, 0.4) is 0 Å². The van der Waals surface area contributed by atoms with E-state index >= 15 is 0 Å². The number of benzene rings is 2. The van der Waals surface area contributed by atoms with Crippen LogP contribution in [0.4, 0.5) is 0 Å². The summed E-state index contributed by atoms with van der Waals surface area (Å²) in [6.45, 7) is 0.262. The first-order chi connectivity index (χ1) is 12.5. The first-order valence-electron chi connectivity index (χ1n) is 8.50. The van der Waals surface area contributed by atoms with E-state index in [0.29, 0.717) is 10.6 Å². The van der Waals surface area contributed by atoms with Crippen molar-refractivity contribution in [2.75, 3.05) is 13.2 Å². The minimum absolute atomic E-state index is 0.0568. The number of hydrogen-bond acceptors (Lipinski definition) is 3. The average molecular weight is 434 g/mol. The Balaban J connectivity index is 1.53. The van der Waals surface area contributed by atoms with Crippen LogP contribution in [0.5, 0.6) is 5.75 Å². The van der Waals surface area contributed by atoms with Crippen molar-refractivity contribution in [1.29, 1.82) is 0 Å². The lowest BCUT2D eigenvalue weighted by Gasteiger charge is -2.16. The Labute approximate surface area is 163 Å². The SMILES string of the molecule is O=S(=O)(NCC#CCOc1cccc(Br)c1)c1ccc2c(c1)CCCC2. The van der Waals surface area contributed by atoms with E-state index in [-0.39, 0.29) is 13.2 Å². The molecule has 0 amide bonds. The molecule has 4 nitrogen and oxygen atoms in total. The highest BCUT2D eigenvalue weighted by Gasteiger charge is 2.16. The third-order valence-electron chi connectivity index (χ3n) is 4.21. The zero-order chi connectivity index (χ0) is 18.4. The summed E-state index contributed by atoms with van der Waals surface area (Å²) in [5.74, 6) is 6.31. The van der Waals surface area contributed by atoms with Gasteiger partial charge in [-0.3, -0.25) is 0 Å². The zero-order valence-electron chi connectivity index (χ0n) is 14.3. The second kappa shape index (κ2) is 8.72. The Hall–Kier alpha value is -1.81. The second-order valence-electron chi connectivity index (χ2n) is 6.06. The van der Waals surface area contributed by atoms with Crippen molar-refractivity contribution < 1.29 is 13.2 Å². The van der Waals surface area contributed by atoms with Crippen LogP contribution < -0.4 is 9.46 Å². The fourth-order valence-corrected chi connectivity index (χ4v) is 4.23. The number of fused-ring (bicyclic) bond motifs is 1. The van der Waals surface area contributed by atoms with E-state index in [1.165, 1.54) is 12.0 Å². The Morgan fingerprint density at radius 2 is 1.85 bits per heavy atom. The monoisotopic (exact) mass is 433 g/mol. The Kier molecular flexibility index (Phi) is 6.36. The predicted molar refractivity (Wildman–Crippen MR) is 106 cm³/mol. The number of rotatable bonds is 5. The molecule has 26 heavy (non-hydrogen) atoms. The number of halogens is 1. The molecule has 0 bridgehead atoms. The lowest BCUT2D eigenvalue weighted by atomic mass is 9.92. The minimum Gasteiger partial charge on any atom is -0.481 e.